The second kappa shape index (κ2) is 3.76. The molecule has 0 spiro atoms. The van der Waals surface area contributed by atoms with E-state index in [2.05, 4.69) is 0 Å². The molecule has 0 amide bonds. The van der Waals surface area contributed by atoms with Gasteiger partial charge in [-0.2, -0.15) is 5.26 Å². The summed E-state index contributed by atoms with van der Waals surface area (Å²) in [5.41, 5.74) is 0.888. The lowest BCUT2D eigenvalue weighted by Gasteiger charge is -2.08. The Balaban J connectivity index is 3.35. The van der Waals surface area contributed by atoms with Crippen molar-refractivity contribution in [3.05, 3.63) is 34.1 Å². The van der Waals surface area contributed by atoms with E-state index in [1.807, 2.05) is 19.9 Å². The molecule has 0 N–H and O–H groups in total. The Kier molecular flexibility index (Phi) is 2.90. The van der Waals surface area contributed by atoms with Gasteiger partial charge in [0.25, 0.3) is 0 Å². The first-order valence-corrected chi connectivity index (χ1v) is 4.33. The summed E-state index contributed by atoms with van der Waals surface area (Å²) < 4.78 is 13.3. The zero-order valence-electron chi connectivity index (χ0n) is 7.44. The van der Waals surface area contributed by atoms with Gasteiger partial charge in [0, 0.05) is 0 Å². The van der Waals surface area contributed by atoms with Gasteiger partial charge in [-0.1, -0.05) is 25.4 Å². The Morgan fingerprint density at radius 3 is 2.54 bits per heavy atom. The molecule has 0 aromatic heterocycles. The van der Waals surface area contributed by atoms with Gasteiger partial charge in [-0.15, -0.1) is 0 Å². The highest BCUT2D eigenvalue weighted by Crippen LogP contribution is 2.25. The molecule has 0 saturated heterocycles. The maximum absolute atomic E-state index is 13.3. The predicted octanol–water partition coefficient (Wildman–Crippen LogP) is 3.47. The standard InChI is InChI=1S/C10H9ClFN/c1-6(2)8-3-7(5-13)4-9(11)10(8)12/h3-4,6H,1-2H3. The van der Waals surface area contributed by atoms with Crippen LogP contribution in [0.2, 0.25) is 5.02 Å². The maximum atomic E-state index is 13.3. The highest BCUT2D eigenvalue weighted by Gasteiger charge is 2.11. The van der Waals surface area contributed by atoms with Crippen LogP contribution in [0, 0.1) is 17.1 Å². The Labute approximate surface area is 81.8 Å². The van der Waals surface area contributed by atoms with Gasteiger partial charge in [-0.25, -0.2) is 4.39 Å². The van der Waals surface area contributed by atoms with Crippen LogP contribution in [0.25, 0.3) is 0 Å². The molecule has 1 nitrogen and oxygen atoms in total. The molecule has 0 atom stereocenters. The summed E-state index contributed by atoms with van der Waals surface area (Å²) in [5.74, 6) is -0.388. The van der Waals surface area contributed by atoms with Crippen molar-refractivity contribution in [1.82, 2.24) is 0 Å². The Hall–Kier alpha value is -1.07. The summed E-state index contributed by atoms with van der Waals surface area (Å²) in [6.45, 7) is 3.71. The minimum absolute atomic E-state index is 0.0164. The van der Waals surface area contributed by atoms with E-state index < -0.39 is 5.82 Å². The third kappa shape index (κ3) is 1.99. The number of halogens is 2. The molecule has 13 heavy (non-hydrogen) atoms. The van der Waals surface area contributed by atoms with Gasteiger partial charge >= 0.3 is 0 Å². The van der Waals surface area contributed by atoms with Gasteiger partial charge in [0.1, 0.15) is 5.82 Å². The van der Waals surface area contributed by atoms with E-state index in [-0.39, 0.29) is 10.9 Å². The first-order chi connectivity index (χ1) is 6.06. The summed E-state index contributed by atoms with van der Waals surface area (Å²) in [5, 5.41) is 8.64. The molecule has 0 saturated carbocycles. The van der Waals surface area contributed by atoms with Crippen molar-refractivity contribution >= 4 is 11.6 Å². The van der Waals surface area contributed by atoms with Crippen molar-refractivity contribution in [2.24, 2.45) is 0 Å². The molecule has 1 aromatic rings. The monoisotopic (exact) mass is 197 g/mol. The molecule has 0 aliphatic carbocycles. The SMILES string of the molecule is CC(C)c1cc(C#N)cc(Cl)c1F. The molecule has 1 aromatic carbocycles. The van der Waals surface area contributed by atoms with E-state index in [1.54, 1.807) is 0 Å². The van der Waals surface area contributed by atoms with Crippen LogP contribution < -0.4 is 0 Å². The molecule has 68 valence electrons. The number of benzene rings is 1. The van der Waals surface area contributed by atoms with Crippen molar-refractivity contribution in [3.63, 3.8) is 0 Å². The van der Waals surface area contributed by atoms with E-state index in [0.29, 0.717) is 11.1 Å². The maximum Gasteiger partial charge on any atom is 0.145 e. The molecule has 0 fully saturated rings. The first kappa shape index (κ1) is 10.0. The fraction of sp³-hybridized carbons (Fsp3) is 0.300. The van der Waals surface area contributed by atoms with Crippen LogP contribution in [0.4, 0.5) is 4.39 Å². The van der Waals surface area contributed by atoms with Crippen LogP contribution in [0.5, 0.6) is 0 Å². The van der Waals surface area contributed by atoms with Gasteiger partial charge in [0.05, 0.1) is 16.7 Å². The summed E-state index contributed by atoms with van der Waals surface area (Å²) >= 11 is 5.62. The van der Waals surface area contributed by atoms with Crippen LogP contribution in [-0.2, 0) is 0 Å². The smallest absolute Gasteiger partial charge is 0.145 e. The van der Waals surface area contributed by atoms with Gasteiger partial charge in [-0.05, 0) is 23.6 Å². The molecule has 0 unspecified atom stereocenters. The molecule has 0 heterocycles. The molecule has 1 rings (SSSR count). The van der Waals surface area contributed by atoms with Crippen LogP contribution in [0.1, 0.15) is 30.9 Å². The average molecular weight is 198 g/mol. The van der Waals surface area contributed by atoms with Crippen LogP contribution in [-0.4, -0.2) is 0 Å². The number of rotatable bonds is 1. The van der Waals surface area contributed by atoms with E-state index in [4.69, 9.17) is 16.9 Å². The molecule has 0 aliphatic heterocycles. The predicted molar refractivity (Wildman–Crippen MR) is 50.2 cm³/mol. The summed E-state index contributed by atoms with van der Waals surface area (Å²) in [7, 11) is 0. The van der Waals surface area contributed by atoms with E-state index in [0.717, 1.165) is 0 Å². The number of nitrogens with zero attached hydrogens (tertiary/aromatic N) is 1. The fourth-order valence-electron chi connectivity index (χ4n) is 1.09. The number of nitriles is 1. The third-order valence-corrected chi connectivity index (χ3v) is 2.08. The topological polar surface area (TPSA) is 23.8 Å². The first-order valence-electron chi connectivity index (χ1n) is 3.95. The van der Waals surface area contributed by atoms with Gasteiger partial charge < -0.3 is 0 Å². The van der Waals surface area contributed by atoms with Crippen molar-refractivity contribution in [2.75, 3.05) is 0 Å². The largest absolute Gasteiger partial charge is 0.205 e. The lowest BCUT2D eigenvalue weighted by atomic mass is 10.0. The second-order valence-electron chi connectivity index (χ2n) is 3.13. The Morgan fingerprint density at radius 2 is 2.08 bits per heavy atom. The van der Waals surface area contributed by atoms with Crippen LogP contribution in [0.3, 0.4) is 0 Å². The number of hydrogen-bond donors (Lipinski definition) is 0. The second-order valence-corrected chi connectivity index (χ2v) is 3.53. The molecule has 0 aliphatic rings. The van der Waals surface area contributed by atoms with Crippen molar-refractivity contribution in [2.45, 2.75) is 19.8 Å². The van der Waals surface area contributed by atoms with E-state index in [9.17, 15) is 4.39 Å². The van der Waals surface area contributed by atoms with E-state index >= 15 is 0 Å². The normalized spacial score (nSPS) is 10.2. The Morgan fingerprint density at radius 1 is 1.46 bits per heavy atom. The van der Waals surface area contributed by atoms with Gasteiger partial charge in [0.15, 0.2) is 0 Å². The van der Waals surface area contributed by atoms with Gasteiger partial charge in [0.2, 0.25) is 0 Å². The molecule has 3 heteroatoms. The average Bonchev–Trinajstić information content (AvgIpc) is 2.09. The van der Waals surface area contributed by atoms with Gasteiger partial charge in [-0.3, -0.25) is 0 Å². The quantitative estimate of drug-likeness (QED) is 0.676. The molecular weight excluding hydrogens is 189 g/mol. The lowest BCUT2D eigenvalue weighted by molar-refractivity contribution is 0.598. The molecular formula is C10H9ClFN. The highest BCUT2D eigenvalue weighted by atomic mass is 35.5. The summed E-state index contributed by atoms with van der Waals surface area (Å²) in [6.07, 6.45) is 0. The highest BCUT2D eigenvalue weighted by molar-refractivity contribution is 6.30. The fourth-order valence-corrected chi connectivity index (χ4v) is 1.32. The minimum Gasteiger partial charge on any atom is -0.205 e. The number of hydrogen-bond acceptors (Lipinski definition) is 1. The van der Waals surface area contributed by atoms with Crippen LogP contribution >= 0.6 is 11.6 Å². The third-order valence-electron chi connectivity index (χ3n) is 1.81. The molecule has 0 bridgehead atoms. The van der Waals surface area contributed by atoms with Crippen molar-refractivity contribution in [3.8, 4) is 6.07 Å². The van der Waals surface area contributed by atoms with Crippen molar-refractivity contribution < 1.29 is 4.39 Å². The lowest BCUT2D eigenvalue weighted by Crippen LogP contribution is -1.95. The minimum atomic E-state index is -0.421. The van der Waals surface area contributed by atoms with Crippen molar-refractivity contribution in [1.29, 1.82) is 5.26 Å². The van der Waals surface area contributed by atoms with E-state index in [1.165, 1.54) is 12.1 Å². The molecule has 0 radical (unpaired) electrons. The zero-order chi connectivity index (χ0) is 10.0. The Bertz CT molecular complexity index is 366. The summed E-state index contributed by atoms with van der Waals surface area (Å²) in [4.78, 5) is 0. The zero-order valence-corrected chi connectivity index (χ0v) is 8.19. The summed E-state index contributed by atoms with van der Waals surface area (Å²) in [6, 6.07) is 4.81. The van der Waals surface area contributed by atoms with Crippen LogP contribution in [0.15, 0.2) is 12.1 Å².